The van der Waals surface area contributed by atoms with Crippen LogP contribution in [0.25, 0.3) is 0 Å². The summed E-state index contributed by atoms with van der Waals surface area (Å²) in [5.74, 6) is -0.923. The molecule has 0 saturated carbocycles. The number of amides is 1. The molecule has 1 aromatic carbocycles. The molecular weight excluding hydrogens is 256 g/mol. The van der Waals surface area contributed by atoms with E-state index in [2.05, 4.69) is 0 Å². The van der Waals surface area contributed by atoms with E-state index in [1.54, 1.807) is 23.1 Å². The second kappa shape index (κ2) is 6.05. The highest BCUT2D eigenvalue weighted by Crippen LogP contribution is 2.28. The molecule has 0 aromatic heterocycles. The fourth-order valence-corrected chi connectivity index (χ4v) is 2.47. The van der Waals surface area contributed by atoms with Crippen molar-refractivity contribution in [3.63, 3.8) is 0 Å². The van der Waals surface area contributed by atoms with Gasteiger partial charge in [-0.2, -0.15) is 0 Å². The second-order valence-corrected chi connectivity index (χ2v) is 5.17. The van der Waals surface area contributed by atoms with Crippen molar-refractivity contribution in [2.75, 3.05) is 11.4 Å². The number of rotatable bonds is 4. The van der Waals surface area contributed by atoms with Gasteiger partial charge in [0.1, 0.15) is 0 Å². The number of hydrogen-bond acceptors (Lipinski definition) is 3. The Morgan fingerprint density at radius 2 is 2.20 bits per heavy atom. The van der Waals surface area contributed by atoms with Crippen LogP contribution in [0.3, 0.4) is 0 Å². The molecule has 1 aromatic rings. The Kier molecular flexibility index (Phi) is 4.39. The molecule has 1 heterocycles. The zero-order valence-electron chi connectivity index (χ0n) is 11.6. The van der Waals surface area contributed by atoms with Gasteiger partial charge in [0, 0.05) is 24.7 Å². The van der Waals surface area contributed by atoms with Crippen LogP contribution in [0, 0.1) is 0 Å². The molecule has 2 rings (SSSR count). The summed E-state index contributed by atoms with van der Waals surface area (Å²) in [6, 6.07) is 4.82. The topological polar surface area (TPSA) is 83.6 Å². The summed E-state index contributed by atoms with van der Waals surface area (Å²) in [7, 11) is 0. The van der Waals surface area contributed by atoms with Crippen molar-refractivity contribution in [3.05, 3.63) is 29.3 Å². The van der Waals surface area contributed by atoms with Crippen molar-refractivity contribution in [2.45, 2.75) is 38.6 Å². The number of carboxylic acid groups (broad SMARTS) is 1. The fraction of sp³-hybridized carbons (Fsp3) is 0.467. The second-order valence-electron chi connectivity index (χ2n) is 5.17. The van der Waals surface area contributed by atoms with E-state index >= 15 is 0 Å². The first kappa shape index (κ1) is 14.5. The third-order valence-electron chi connectivity index (χ3n) is 3.71. The van der Waals surface area contributed by atoms with Crippen LogP contribution in [0.2, 0.25) is 0 Å². The number of carbonyl (C=O) groups excluding carboxylic acids is 1. The van der Waals surface area contributed by atoms with Crippen LogP contribution >= 0.6 is 0 Å². The van der Waals surface area contributed by atoms with Crippen molar-refractivity contribution < 1.29 is 14.7 Å². The van der Waals surface area contributed by atoms with E-state index < -0.39 is 5.97 Å². The largest absolute Gasteiger partial charge is 0.478 e. The molecule has 3 N–H and O–H groups in total. The minimum atomic E-state index is -0.941. The van der Waals surface area contributed by atoms with E-state index in [1.165, 1.54) is 0 Å². The number of carbonyl (C=O) groups is 2. The number of nitrogens with zero attached hydrogens (tertiary/aromatic N) is 1. The molecule has 1 unspecified atom stereocenters. The summed E-state index contributed by atoms with van der Waals surface area (Å²) in [5.41, 5.74) is 7.86. The summed E-state index contributed by atoms with van der Waals surface area (Å²) < 4.78 is 0. The lowest BCUT2D eigenvalue weighted by molar-refractivity contribution is -0.119. The normalized spacial score (nSPS) is 15.6. The minimum Gasteiger partial charge on any atom is -0.478 e. The van der Waals surface area contributed by atoms with Crippen molar-refractivity contribution >= 4 is 17.6 Å². The molecule has 1 aliphatic heterocycles. The van der Waals surface area contributed by atoms with E-state index in [-0.39, 0.29) is 17.5 Å². The van der Waals surface area contributed by atoms with Gasteiger partial charge in [-0.25, -0.2) is 4.79 Å². The molecular formula is C15H20N2O3. The number of fused-ring (bicyclic) bond motifs is 1. The summed E-state index contributed by atoms with van der Waals surface area (Å²) in [6.07, 6.45) is 2.75. The minimum absolute atomic E-state index is 0.0170. The molecule has 0 saturated heterocycles. The highest BCUT2D eigenvalue weighted by molar-refractivity contribution is 5.96. The van der Waals surface area contributed by atoms with Gasteiger partial charge < -0.3 is 15.7 Å². The summed E-state index contributed by atoms with van der Waals surface area (Å²) >= 11 is 0. The molecule has 0 spiro atoms. The number of aromatic carboxylic acids is 1. The average Bonchev–Trinajstić information content (AvgIpc) is 2.45. The van der Waals surface area contributed by atoms with Gasteiger partial charge in [0.2, 0.25) is 5.91 Å². The molecule has 5 heteroatoms. The zero-order chi connectivity index (χ0) is 14.7. The SMILES string of the molecule is CCC(N)CC(=O)N1CCCc2cc(C(=O)O)ccc21. The monoisotopic (exact) mass is 276 g/mol. The zero-order valence-corrected chi connectivity index (χ0v) is 11.6. The molecule has 1 amide bonds. The molecule has 1 aliphatic rings. The smallest absolute Gasteiger partial charge is 0.335 e. The lowest BCUT2D eigenvalue weighted by Crippen LogP contribution is -2.38. The maximum atomic E-state index is 12.3. The number of anilines is 1. The van der Waals surface area contributed by atoms with Crippen LogP contribution in [0.15, 0.2) is 18.2 Å². The van der Waals surface area contributed by atoms with Gasteiger partial charge >= 0.3 is 5.97 Å². The first-order valence-corrected chi connectivity index (χ1v) is 6.95. The van der Waals surface area contributed by atoms with E-state index in [4.69, 9.17) is 10.8 Å². The van der Waals surface area contributed by atoms with Crippen LogP contribution in [-0.2, 0) is 11.2 Å². The molecule has 0 bridgehead atoms. The summed E-state index contributed by atoms with van der Waals surface area (Å²) in [6.45, 7) is 2.63. The Morgan fingerprint density at radius 1 is 1.45 bits per heavy atom. The van der Waals surface area contributed by atoms with E-state index in [0.717, 1.165) is 30.5 Å². The number of nitrogens with two attached hydrogens (primary N) is 1. The van der Waals surface area contributed by atoms with Crippen molar-refractivity contribution in [3.8, 4) is 0 Å². The van der Waals surface area contributed by atoms with Crippen LogP contribution < -0.4 is 10.6 Å². The molecule has 0 radical (unpaired) electrons. The molecule has 5 nitrogen and oxygen atoms in total. The van der Waals surface area contributed by atoms with Crippen molar-refractivity contribution in [1.82, 2.24) is 0 Å². The van der Waals surface area contributed by atoms with Gasteiger partial charge in [-0.3, -0.25) is 4.79 Å². The van der Waals surface area contributed by atoms with Gasteiger partial charge in [-0.1, -0.05) is 6.92 Å². The lowest BCUT2D eigenvalue weighted by atomic mass is 9.98. The first-order valence-electron chi connectivity index (χ1n) is 6.95. The fourth-order valence-electron chi connectivity index (χ4n) is 2.47. The lowest BCUT2D eigenvalue weighted by Gasteiger charge is -2.30. The number of benzene rings is 1. The van der Waals surface area contributed by atoms with Crippen molar-refractivity contribution in [1.29, 1.82) is 0 Å². The molecule has 108 valence electrons. The highest BCUT2D eigenvalue weighted by Gasteiger charge is 2.24. The highest BCUT2D eigenvalue weighted by atomic mass is 16.4. The van der Waals surface area contributed by atoms with E-state index in [1.807, 2.05) is 6.92 Å². The number of aryl methyl sites for hydroxylation is 1. The van der Waals surface area contributed by atoms with E-state index in [9.17, 15) is 9.59 Å². The maximum absolute atomic E-state index is 12.3. The number of carboxylic acids is 1. The average molecular weight is 276 g/mol. The Hall–Kier alpha value is -1.88. The van der Waals surface area contributed by atoms with Crippen LogP contribution in [-0.4, -0.2) is 29.6 Å². The molecule has 20 heavy (non-hydrogen) atoms. The molecule has 0 fully saturated rings. The standard InChI is InChI=1S/C15H20N2O3/c1-2-12(16)9-14(18)17-7-3-4-10-8-11(15(19)20)5-6-13(10)17/h5-6,8,12H,2-4,7,9,16H2,1H3,(H,19,20). The Bertz CT molecular complexity index is 528. The predicted octanol–water partition coefficient (Wildman–Crippen LogP) is 1.79. The Balaban J connectivity index is 2.24. The van der Waals surface area contributed by atoms with Gasteiger partial charge in [0.05, 0.1) is 5.56 Å². The van der Waals surface area contributed by atoms with Gasteiger partial charge in [0.25, 0.3) is 0 Å². The third-order valence-corrected chi connectivity index (χ3v) is 3.71. The third kappa shape index (κ3) is 2.99. The van der Waals surface area contributed by atoms with Crippen LogP contribution in [0.5, 0.6) is 0 Å². The van der Waals surface area contributed by atoms with Crippen LogP contribution in [0.1, 0.15) is 42.1 Å². The molecule has 0 aliphatic carbocycles. The van der Waals surface area contributed by atoms with Crippen molar-refractivity contribution in [2.24, 2.45) is 5.73 Å². The summed E-state index contributed by atoms with van der Waals surface area (Å²) in [4.78, 5) is 25.0. The Morgan fingerprint density at radius 3 is 2.85 bits per heavy atom. The summed E-state index contributed by atoms with van der Waals surface area (Å²) in [5, 5.41) is 9.02. The maximum Gasteiger partial charge on any atom is 0.335 e. The van der Waals surface area contributed by atoms with Crippen LogP contribution in [0.4, 0.5) is 5.69 Å². The molecule has 1 atom stereocenters. The Labute approximate surface area is 118 Å². The van der Waals surface area contributed by atoms with E-state index in [0.29, 0.717) is 13.0 Å². The quantitative estimate of drug-likeness (QED) is 0.878. The number of hydrogen-bond donors (Lipinski definition) is 2. The van der Waals surface area contributed by atoms with Gasteiger partial charge in [-0.15, -0.1) is 0 Å². The first-order chi connectivity index (χ1) is 9.52. The van der Waals surface area contributed by atoms with Gasteiger partial charge in [0.15, 0.2) is 0 Å². The van der Waals surface area contributed by atoms with Gasteiger partial charge in [-0.05, 0) is 43.0 Å². The predicted molar refractivity (Wildman–Crippen MR) is 77.0 cm³/mol.